The number of thiophene rings is 1. The molecule has 6 nitrogen and oxygen atoms in total. The van der Waals surface area contributed by atoms with Gasteiger partial charge in [0, 0.05) is 19.6 Å². The minimum absolute atomic E-state index is 0.0281. The molecule has 3 N–H and O–H groups in total. The number of hydrogen-bond donors (Lipinski definition) is 3. The van der Waals surface area contributed by atoms with Crippen LogP contribution in [-0.2, 0) is 0 Å². The van der Waals surface area contributed by atoms with E-state index >= 15 is 0 Å². The fourth-order valence-corrected chi connectivity index (χ4v) is 3.75. The molecule has 1 saturated heterocycles. The Balaban J connectivity index is 1.66. The summed E-state index contributed by atoms with van der Waals surface area (Å²) in [5.41, 5.74) is 0.280. The highest BCUT2D eigenvalue weighted by Crippen LogP contribution is 2.21. The van der Waals surface area contributed by atoms with Crippen LogP contribution in [0.4, 0.5) is 19.9 Å². The first-order valence-electron chi connectivity index (χ1n) is 8.92. The first kappa shape index (κ1) is 19.2. The molecule has 144 valence electrons. The highest BCUT2D eigenvalue weighted by Gasteiger charge is 2.33. The summed E-state index contributed by atoms with van der Waals surface area (Å²) in [6.45, 7) is 5.66. The smallest absolute Gasteiger partial charge is 0.322 e. The van der Waals surface area contributed by atoms with Crippen LogP contribution < -0.4 is 10.6 Å². The van der Waals surface area contributed by atoms with Gasteiger partial charge in [0.15, 0.2) is 5.96 Å². The number of benzene rings is 1. The summed E-state index contributed by atoms with van der Waals surface area (Å²) in [5, 5.41) is 16.9. The topological polar surface area (TPSA) is 71.5 Å². The number of hydrogen-bond acceptors (Lipinski definition) is 3. The Kier molecular flexibility index (Phi) is 5.95. The van der Waals surface area contributed by atoms with Crippen molar-refractivity contribution in [3.63, 3.8) is 0 Å². The van der Waals surface area contributed by atoms with Gasteiger partial charge in [0.05, 0.1) is 16.7 Å². The van der Waals surface area contributed by atoms with Crippen molar-refractivity contribution in [2.75, 3.05) is 30.3 Å². The number of amides is 2. The minimum atomic E-state index is -0.391. The van der Waals surface area contributed by atoms with Crippen LogP contribution in [0.25, 0.3) is 0 Å². The summed E-state index contributed by atoms with van der Waals surface area (Å²) in [4.78, 5) is 16.2. The summed E-state index contributed by atoms with van der Waals surface area (Å²) >= 11 is 1.48. The second kappa shape index (κ2) is 8.39. The maximum atomic E-state index is 13.9. The Morgan fingerprint density at radius 2 is 2.00 bits per heavy atom. The van der Waals surface area contributed by atoms with Crippen LogP contribution in [0.3, 0.4) is 0 Å². The van der Waals surface area contributed by atoms with Crippen LogP contribution in [0.5, 0.6) is 0 Å². The third-order valence-electron chi connectivity index (χ3n) is 4.64. The lowest BCUT2D eigenvalue weighted by atomic mass is 10.00. The number of anilines is 2. The van der Waals surface area contributed by atoms with Crippen molar-refractivity contribution in [3.8, 4) is 0 Å². The molecule has 8 heteroatoms. The number of carbonyl (C=O) groups excluding carboxylic acids is 1. The number of nitrogens with zero attached hydrogens (tertiary/aromatic N) is 2. The number of piperazine rings is 1. The van der Waals surface area contributed by atoms with Crippen molar-refractivity contribution < 1.29 is 9.18 Å². The summed E-state index contributed by atoms with van der Waals surface area (Å²) in [5.74, 6) is -0.0143. The molecule has 27 heavy (non-hydrogen) atoms. The van der Waals surface area contributed by atoms with Gasteiger partial charge < -0.3 is 15.1 Å². The number of nitrogens with one attached hydrogen (secondary N) is 3. The van der Waals surface area contributed by atoms with E-state index in [1.807, 2.05) is 22.4 Å². The minimum Gasteiger partial charge on any atom is -0.336 e. The van der Waals surface area contributed by atoms with Crippen LogP contribution >= 0.6 is 11.3 Å². The molecule has 1 fully saturated rings. The molecule has 0 spiro atoms. The van der Waals surface area contributed by atoms with E-state index in [1.54, 1.807) is 23.1 Å². The predicted octanol–water partition coefficient (Wildman–Crippen LogP) is 4.11. The SMILES string of the molecule is CC(C)C1CN(C(=O)Nc2cccs2)CCN1C(=N)Nc1ccccc1F. The van der Waals surface area contributed by atoms with Gasteiger partial charge in [0.25, 0.3) is 0 Å². The van der Waals surface area contributed by atoms with E-state index < -0.39 is 5.82 Å². The van der Waals surface area contributed by atoms with Gasteiger partial charge in [-0.05, 0) is 35.6 Å². The first-order chi connectivity index (χ1) is 13.0. The number of halogens is 1. The van der Waals surface area contributed by atoms with Crippen molar-refractivity contribution >= 4 is 34.0 Å². The molecule has 2 heterocycles. The number of guanidine groups is 1. The molecule has 2 aromatic rings. The molecule has 3 rings (SSSR count). The Morgan fingerprint density at radius 1 is 1.22 bits per heavy atom. The maximum absolute atomic E-state index is 13.9. The molecule has 2 amide bonds. The molecule has 1 aliphatic rings. The fourth-order valence-electron chi connectivity index (χ4n) is 3.14. The Bertz CT molecular complexity index is 795. The van der Waals surface area contributed by atoms with Crippen molar-refractivity contribution in [1.82, 2.24) is 9.80 Å². The largest absolute Gasteiger partial charge is 0.336 e. The summed E-state index contributed by atoms with van der Waals surface area (Å²) in [6, 6.07) is 9.92. The van der Waals surface area contributed by atoms with Crippen molar-refractivity contribution in [2.24, 2.45) is 5.92 Å². The van der Waals surface area contributed by atoms with Crippen LogP contribution in [0.1, 0.15) is 13.8 Å². The van der Waals surface area contributed by atoms with Gasteiger partial charge in [0.2, 0.25) is 0 Å². The van der Waals surface area contributed by atoms with Gasteiger partial charge in [0.1, 0.15) is 5.82 Å². The molecule has 0 aliphatic carbocycles. The lowest BCUT2D eigenvalue weighted by Gasteiger charge is -2.44. The zero-order valence-corrected chi connectivity index (χ0v) is 16.2. The van der Waals surface area contributed by atoms with E-state index in [0.29, 0.717) is 19.6 Å². The highest BCUT2D eigenvalue weighted by atomic mass is 32.1. The third-order valence-corrected chi connectivity index (χ3v) is 5.43. The highest BCUT2D eigenvalue weighted by molar-refractivity contribution is 7.14. The molecule has 0 radical (unpaired) electrons. The lowest BCUT2D eigenvalue weighted by Crippen LogP contribution is -2.60. The van der Waals surface area contributed by atoms with Gasteiger partial charge in [-0.15, -0.1) is 11.3 Å². The van der Waals surface area contributed by atoms with Crippen LogP contribution in [-0.4, -0.2) is 47.5 Å². The molecule has 1 unspecified atom stereocenters. The molecule has 1 aromatic carbocycles. The second-order valence-corrected chi connectivity index (χ2v) is 7.76. The van der Waals surface area contributed by atoms with E-state index in [1.165, 1.54) is 17.4 Å². The van der Waals surface area contributed by atoms with E-state index in [9.17, 15) is 9.18 Å². The molecular weight excluding hydrogens is 365 g/mol. The average Bonchev–Trinajstić information content (AvgIpc) is 3.16. The summed E-state index contributed by atoms with van der Waals surface area (Å²) in [6.07, 6.45) is 0. The monoisotopic (exact) mass is 389 g/mol. The van der Waals surface area contributed by atoms with Crippen molar-refractivity contribution in [1.29, 1.82) is 5.41 Å². The quantitative estimate of drug-likeness (QED) is 0.546. The molecule has 1 atom stereocenters. The average molecular weight is 390 g/mol. The number of carbonyl (C=O) groups is 1. The molecular formula is C19H24FN5OS. The van der Waals surface area contributed by atoms with E-state index in [4.69, 9.17) is 5.41 Å². The normalized spacial score (nSPS) is 17.1. The summed E-state index contributed by atoms with van der Waals surface area (Å²) in [7, 11) is 0. The second-order valence-electron chi connectivity index (χ2n) is 6.81. The van der Waals surface area contributed by atoms with Crippen molar-refractivity contribution in [3.05, 3.63) is 47.6 Å². The number of para-hydroxylation sites is 1. The third kappa shape index (κ3) is 4.57. The number of urea groups is 1. The van der Waals surface area contributed by atoms with Gasteiger partial charge >= 0.3 is 6.03 Å². The summed E-state index contributed by atoms with van der Waals surface area (Å²) < 4.78 is 13.9. The molecule has 1 aromatic heterocycles. The Hall–Kier alpha value is -2.61. The Labute approximate surface area is 162 Å². The van der Waals surface area contributed by atoms with E-state index in [-0.39, 0.29) is 29.6 Å². The van der Waals surface area contributed by atoms with Crippen LogP contribution in [0.15, 0.2) is 41.8 Å². The van der Waals surface area contributed by atoms with Crippen molar-refractivity contribution in [2.45, 2.75) is 19.9 Å². The van der Waals surface area contributed by atoms with E-state index in [0.717, 1.165) is 5.00 Å². The Morgan fingerprint density at radius 3 is 2.67 bits per heavy atom. The fraction of sp³-hybridized carbons (Fsp3) is 0.368. The lowest BCUT2D eigenvalue weighted by molar-refractivity contribution is 0.119. The molecule has 0 bridgehead atoms. The molecule has 0 saturated carbocycles. The number of rotatable bonds is 3. The van der Waals surface area contributed by atoms with E-state index in [2.05, 4.69) is 24.5 Å². The van der Waals surface area contributed by atoms with Gasteiger partial charge in [-0.2, -0.15) is 0 Å². The van der Waals surface area contributed by atoms with Crippen LogP contribution in [0.2, 0.25) is 0 Å². The first-order valence-corrected chi connectivity index (χ1v) is 9.80. The zero-order valence-electron chi connectivity index (χ0n) is 15.4. The van der Waals surface area contributed by atoms with Gasteiger partial charge in [-0.1, -0.05) is 26.0 Å². The van der Waals surface area contributed by atoms with Gasteiger partial charge in [-0.3, -0.25) is 10.7 Å². The zero-order chi connectivity index (χ0) is 19.4. The maximum Gasteiger partial charge on any atom is 0.322 e. The van der Waals surface area contributed by atoms with Gasteiger partial charge in [-0.25, -0.2) is 9.18 Å². The molecule has 1 aliphatic heterocycles. The standard InChI is InChI=1S/C19H24FN5OS/c1-13(2)16-12-24(19(26)23-17-8-5-11-27-17)9-10-25(16)18(21)22-15-7-4-3-6-14(15)20/h3-8,11,13,16H,9-10,12H2,1-2H3,(H2,21,22)(H,23,26). The van der Waals surface area contributed by atoms with Crippen LogP contribution in [0, 0.1) is 17.1 Å². The predicted molar refractivity (Wildman–Crippen MR) is 108 cm³/mol.